The molecule has 250 valence electrons. The number of thiophene rings is 1. The molecule has 4 heterocycles. The van der Waals surface area contributed by atoms with Crippen molar-refractivity contribution >= 4 is 39.1 Å². The molecule has 1 saturated carbocycles. The number of non-ortho nitro benzene ring substituents is 1. The minimum atomic E-state index is -0.515. The average molecular weight is 682 g/mol. The summed E-state index contributed by atoms with van der Waals surface area (Å²) in [5.74, 6) is 0.970. The molecule has 11 nitrogen and oxygen atoms in total. The van der Waals surface area contributed by atoms with Crippen LogP contribution in [0.25, 0.3) is 20.8 Å². The number of pyridine rings is 2. The molecule has 13 heteroatoms. The Labute approximate surface area is 285 Å². The van der Waals surface area contributed by atoms with Gasteiger partial charge >= 0.3 is 6.09 Å². The van der Waals surface area contributed by atoms with Crippen LogP contribution in [-0.4, -0.2) is 62.7 Å². The maximum atomic E-state index is 15.0. The minimum absolute atomic E-state index is 0.0682. The number of Topliss-reactive ketones (excluding diaryl/α,β-unsaturated/α-hetero) is 1. The van der Waals surface area contributed by atoms with Gasteiger partial charge in [0.25, 0.3) is 5.69 Å². The predicted octanol–water partition coefficient (Wildman–Crippen LogP) is 7.43. The quantitative estimate of drug-likeness (QED) is 0.103. The predicted molar refractivity (Wildman–Crippen MR) is 181 cm³/mol. The van der Waals surface area contributed by atoms with Crippen LogP contribution in [0.2, 0.25) is 0 Å². The minimum Gasteiger partial charge on any atom is -0.453 e. The summed E-state index contributed by atoms with van der Waals surface area (Å²) >= 11 is 1.47. The number of hydrogen-bond donors (Lipinski definition) is 0. The fourth-order valence-corrected chi connectivity index (χ4v) is 6.77. The van der Waals surface area contributed by atoms with Crippen LogP contribution in [0.5, 0.6) is 17.2 Å². The number of carbonyl (C=O) groups excluding carboxylic acids is 2. The maximum Gasteiger partial charge on any atom is 0.415 e. The molecule has 0 N–H and O–H groups in total. The number of nitrogens with zero attached hydrogens (tertiary/aromatic N) is 5. The first-order valence-electron chi connectivity index (χ1n) is 16.0. The van der Waals surface area contributed by atoms with Crippen molar-refractivity contribution in [2.75, 3.05) is 26.2 Å². The lowest BCUT2D eigenvalue weighted by atomic mass is 10.0. The van der Waals surface area contributed by atoms with Crippen molar-refractivity contribution in [1.29, 1.82) is 0 Å². The molecule has 1 saturated heterocycles. The molecular weight excluding hydrogens is 649 g/mol. The summed E-state index contributed by atoms with van der Waals surface area (Å²) in [5, 5.41) is 10.8. The van der Waals surface area contributed by atoms with Gasteiger partial charge in [0.2, 0.25) is 0 Å². The summed E-state index contributed by atoms with van der Waals surface area (Å²) in [6, 6.07) is 17.7. The first-order chi connectivity index (χ1) is 23.8. The molecule has 5 aromatic rings. The number of ether oxygens (including phenoxy) is 2. The molecule has 2 aliphatic rings. The second kappa shape index (κ2) is 14.1. The molecule has 49 heavy (non-hydrogen) atoms. The van der Waals surface area contributed by atoms with E-state index in [1.54, 1.807) is 29.3 Å². The number of amides is 1. The number of fused-ring (bicyclic) bond motifs is 1. The number of piperazine rings is 1. The molecule has 0 unspecified atom stereocenters. The van der Waals surface area contributed by atoms with Gasteiger partial charge in [-0.25, -0.2) is 9.18 Å². The highest BCUT2D eigenvalue weighted by Gasteiger charge is 2.25. The summed E-state index contributed by atoms with van der Waals surface area (Å²) < 4.78 is 27.2. The Kier molecular flexibility index (Phi) is 9.27. The van der Waals surface area contributed by atoms with Gasteiger partial charge in [0, 0.05) is 76.2 Å². The van der Waals surface area contributed by atoms with E-state index in [9.17, 15) is 19.7 Å². The highest BCUT2D eigenvalue weighted by Crippen LogP contribution is 2.39. The number of nitro groups is 1. The monoisotopic (exact) mass is 681 g/mol. The van der Waals surface area contributed by atoms with Crippen LogP contribution in [-0.2, 0) is 17.8 Å². The Hall–Kier alpha value is -5.27. The smallest absolute Gasteiger partial charge is 0.415 e. The number of ketones is 1. The summed E-state index contributed by atoms with van der Waals surface area (Å²) in [5.41, 5.74) is 3.11. The molecule has 1 aliphatic carbocycles. The summed E-state index contributed by atoms with van der Waals surface area (Å²) in [6.07, 6.45) is 6.00. The number of benzene rings is 2. The summed E-state index contributed by atoms with van der Waals surface area (Å²) in [6.45, 7) is 2.96. The van der Waals surface area contributed by atoms with E-state index in [0.717, 1.165) is 39.2 Å². The van der Waals surface area contributed by atoms with Crippen molar-refractivity contribution in [2.45, 2.75) is 32.2 Å². The first-order valence-corrected chi connectivity index (χ1v) is 16.8. The zero-order valence-corrected chi connectivity index (χ0v) is 27.2. The third-order valence-electron chi connectivity index (χ3n) is 8.57. The van der Waals surface area contributed by atoms with Crippen LogP contribution in [0.4, 0.5) is 14.9 Å². The van der Waals surface area contributed by atoms with E-state index in [-0.39, 0.29) is 29.4 Å². The topological polar surface area (TPSA) is 128 Å². The summed E-state index contributed by atoms with van der Waals surface area (Å²) in [4.78, 5) is 49.1. The Morgan fingerprint density at radius 3 is 2.41 bits per heavy atom. The lowest BCUT2D eigenvalue weighted by Gasteiger charge is -2.33. The Bertz CT molecular complexity index is 2010. The second-order valence-corrected chi connectivity index (χ2v) is 13.3. The van der Waals surface area contributed by atoms with Crippen molar-refractivity contribution in [3.8, 4) is 27.8 Å². The van der Waals surface area contributed by atoms with Crippen LogP contribution in [0, 0.1) is 21.8 Å². The first kappa shape index (κ1) is 32.3. The van der Waals surface area contributed by atoms with E-state index < -0.39 is 16.8 Å². The Morgan fingerprint density at radius 1 is 0.939 bits per heavy atom. The Morgan fingerprint density at radius 2 is 1.71 bits per heavy atom. The van der Waals surface area contributed by atoms with Gasteiger partial charge in [-0.15, -0.1) is 11.3 Å². The second-order valence-electron chi connectivity index (χ2n) is 12.3. The van der Waals surface area contributed by atoms with E-state index >= 15 is 4.39 Å². The van der Waals surface area contributed by atoms with Crippen molar-refractivity contribution in [2.24, 2.45) is 5.92 Å². The number of hydrogen-bond acceptors (Lipinski definition) is 10. The van der Waals surface area contributed by atoms with Crippen molar-refractivity contribution in [3.63, 3.8) is 0 Å². The van der Waals surface area contributed by atoms with Gasteiger partial charge in [0.05, 0.1) is 25.7 Å². The maximum absolute atomic E-state index is 15.0. The largest absolute Gasteiger partial charge is 0.453 e. The van der Waals surface area contributed by atoms with Gasteiger partial charge < -0.3 is 14.4 Å². The molecular formula is C36H32FN5O6S. The van der Waals surface area contributed by atoms with Crippen molar-refractivity contribution < 1.29 is 28.4 Å². The summed E-state index contributed by atoms with van der Waals surface area (Å²) in [7, 11) is 0. The standard InChI is InChI=1S/C36H32FN5O6S/c37-29-19-24(18-27(43)17-23-1-2-23)4-10-32(29)48-33-11-12-38-31-20-34(49-35(31)33)30-9-3-25(21-39-30)22-40-13-15-41(16-14-40)36(44)47-28-7-5-26(6-8-28)42(45)46/h3-12,19-21,23H,1-2,13-18,22H2. The SMILES string of the molecule is O=C(Cc1ccc(Oc2ccnc3cc(-c4ccc(CN5CCN(C(=O)Oc6ccc([N+](=O)[O-])cc6)CC5)cn4)sc23)c(F)c1)CC1CC1. The molecule has 0 spiro atoms. The molecule has 1 aliphatic heterocycles. The van der Waals surface area contributed by atoms with E-state index in [1.165, 1.54) is 41.7 Å². The number of halogens is 1. The molecule has 3 aromatic heterocycles. The van der Waals surface area contributed by atoms with Crippen LogP contribution in [0.3, 0.4) is 0 Å². The van der Waals surface area contributed by atoms with Crippen LogP contribution in [0.15, 0.2) is 79.1 Å². The van der Waals surface area contributed by atoms with Crippen molar-refractivity contribution in [3.05, 3.63) is 106 Å². The number of carbonyl (C=O) groups is 2. The highest BCUT2D eigenvalue weighted by molar-refractivity contribution is 7.22. The lowest BCUT2D eigenvalue weighted by Crippen LogP contribution is -2.49. The van der Waals surface area contributed by atoms with E-state index in [1.807, 2.05) is 24.4 Å². The van der Waals surface area contributed by atoms with Gasteiger partial charge in [0.1, 0.15) is 17.3 Å². The number of nitro benzene ring substituents is 1. The fraction of sp³-hybridized carbons (Fsp3) is 0.278. The average Bonchev–Trinajstić information content (AvgIpc) is 3.80. The number of aromatic nitrogens is 2. The van der Waals surface area contributed by atoms with Gasteiger partial charge in [-0.05, 0) is 66.3 Å². The van der Waals surface area contributed by atoms with Crippen LogP contribution in [0.1, 0.15) is 30.4 Å². The molecule has 1 amide bonds. The third kappa shape index (κ3) is 7.90. The molecule has 2 aromatic carbocycles. The third-order valence-corrected chi connectivity index (χ3v) is 9.73. The zero-order valence-electron chi connectivity index (χ0n) is 26.4. The highest BCUT2D eigenvalue weighted by atomic mass is 32.1. The van der Waals surface area contributed by atoms with Gasteiger partial charge in [-0.1, -0.05) is 12.1 Å². The van der Waals surface area contributed by atoms with Crippen molar-refractivity contribution in [1.82, 2.24) is 19.8 Å². The van der Waals surface area contributed by atoms with E-state index in [2.05, 4.69) is 9.88 Å². The molecule has 0 radical (unpaired) electrons. The van der Waals surface area contributed by atoms with Gasteiger partial charge in [0.15, 0.2) is 11.6 Å². The molecule has 0 atom stereocenters. The fourth-order valence-electron chi connectivity index (χ4n) is 5.73. The van der Waals surface area contributed by atoms with E-state index in [0.29, 0.717) is 56.4 Å². The van der Waals surface area contributed by atoms with Crippen LogP contribution < -0.4 is 9.47 Å². The van der Waals surface area contributed by atoms with Gasteiger partial charge in [-0.3, -0.25) is 29.8 Å². The van der Waals surface area contributed by atoms with Gasteiger partial charge in [-0.2, -0.15) is 0 Å². The Balaban J connectivity index is 0.939. The lowest BCUT2D eigenvalue weighted by molar-refractivity contribution is -0.384. The normalized spacial score (nSPS) is 14.9. The number of rotatable bonds is 11. The van der Waals surface area contributed by atoms with Crippen LogP contribution >= 0.6 is 11.3 Å². The molecule has 2 fully saturated rings. The molecule has 0 bridgehead atoms. The van der Waals surface area contributed by atoms with E-state index in [4.69, 9.17) is 14.5 Å². The molecule has 7 rings (SSSR count). The zero-order chi connectivity index (χ0) is 33.9.